The van der Waals surface area contributed by atoms with E-state index in [-0.39, 0.29) is 5.91 Å². The molecule has 3 rings (SSSR count). The van der Waals surface area contributed by atoms with Crippen LogP contribution in [0.15, 0.2) is 24.3 Å². The maximum absolute atomic E-state index is 12.0. The van der Waals surface area contributed by atoms with Crippen LogP contribution in [0.25, 0.3) is 5.69 Å². The molecule has 0 bridgehead atoms. The number of hydrogen-bond donors (Lipinski definition) is 1. The molecule has 1 aliphatic heterocycles. The molecule has 0 saturated heterocycles. The van der Waals surface area contributed by atoms with Gasteiger partial charge < -0.3 is 5.32 Å². The number of nitrogens with one attached hydrogen (secondary N) is 1. The molecule has 0 saturated carbocycles. The Bertz CT molecular complexity index is 678. The van der Waals surface area contributed by atoms with Gasteiger partial charge in [-0.25, -0.2) is 4.68 Å². The summed E-state index contributed by atoms with van der Waals surface area (Å²) in [5.41, 5.74) is 4.45. The van der Waals surface area contributed by atoms with E-state index < -0.39 is 0 Å². The topological polar surface area (TPSA) is 46.9 Å². The molecule has 2 heterocycles. The third kappa shape index (κ3) is 2.83. The summed E-state index contributed by atoms with van der Waals surface area (Å²) >= 11 is 1.84. The van der Waals surface area contributed by atoms with Crippen LogP contribution in [-0.2, 0) is 16.3 Å². The lowest BCUT2D eigenvalue weighted by Gasteiger charge is -2.11. The van der Waals surface area contributed by atoms with Crippen LogP contribution in [0.1, 0.15) is 36.6 Å². The first-order valence-electron chi connectivity index (χ1n) is 7.24. The van der Waals surface area contributed by atoms with Crippen molar-refractivity contribution in [1.29, 1.82) is 0 Å². The summed E-state index contributed by atoms with van der Waals surface area (Å²) in [5.74, 6) is 2.75. The third-order valence-electron chi connectivity index (χ3n) is 3.53. The van der Waals surface area contributed by atoms with E-state index in [4.69, 9.17) is 5.10 Å². The zero-order chi connectivity index (χ0) is 14.8. The SMILES string of the molecule is CCCC(=O)Nc1c2c(nn1-c1cccc(C)c1)CSC2. The van der Waals surface area contributed by atoms with E-state index in [1.54, 1.807) is 0 Å². The fourth-order valence-corrected chi connectivity index (χ4v) is 3.54. The van der Waals surface area contributed by atoms with Crippen LogP contribution in [0.4, 0.5) is 5.82 Å². The number of amides is 1. The predicted octanol–water partition coefficient (Wildman–Crippen LogP) is 3.67. The first-order valence-corrected chi connectivity index (χ1v) is 8.40. The van der Waals surface area contributed by atoms with Crippen LogP contribution in [0.5, 0.6) is 0 Å². The quantitative estimate of drug-likeness (QED) is 0.937. The maximum atomic E-state index is 12.0. The molecule has 0 radical (unpaired) electrons. The summed E-state index contributed by atoms with van der Waals surface area (Å²) in [7, 11) is 0. The molecule has 0 aliphatic carbocycles. The first kappa shape index (κ1) is 14.2. The highest BCUT2D eigenvalue weighted by Crippen LogP contribution is 2.36. The third-order valence-corrected chi connectivity index (χ3v) is 4.50. The number of carbonyl (C=O) groups is 1. The average molecular weight is 301 g/mol. The van der Waals surface area contributed by atoms with Gasteiger partial charge in [-0.05, 0) is 31.0 Å². The van der Waals surface area contributed by atoms with Gasteiger partial charge in [0.2, 0.25) is 5.91 Å². The molecule has 1 aromatic carbocycles. The predicted molar refractivity (Wildman–Crippen MR) is 86.8 cm³/mol. The van der Waals surface area contributed by atoms with Crippen molar-refractivity contribution in [3.05, 3.63) is 41.1 Å². The molecule has 21 heavy (non-hydrogen) atoms. The lowest BCUT2D eigenvalue weighted by atomic mass is 10.2. The fraction of sp³-hybridized carbons (Fsp3) is 0.375. The molecular formula is C16H19N3OS. The molecule has 4 nitrogen and oxygen atoms in total. The number of benzene rings is 1. The Hall–Kier alpha value is -1.75. The van der Waals surface area contributed by atoms with Gasteiger partial charge in [-0.1, -0.05) is 19.1 Å². The summed E-state index contributed by atoms with van der Waals surface area (Å²) in [5, 5.41) is 7.75. The minimum Gasteiger partial charge on any atom is -0.310 e. The van der Waals surface area contributed by atoms with E-state index in [9.17, 15) is 4.79 Å². The summed E-state index contributed by atoms with van der Waals surface area (Å²) in [6.07, 6.45) is 1.39. The van der Waals surface area contributed by atoms with Crippen LogP contribution >= 0.6 is 11.8 Å². The lowest BCUT2D eigenvalue weighted by molar-refractivity contribution is -0.116. The van der Waals surface area contributed by atoms with Gasteiger partial charge >= 0.3 is 0 Å². The highest BCUT2D eigenvalue weighted by molar-refractivity contribution is 7.98. The number of rotatable bonds is 4. The number of aromatic nitrogens is 2. The van der Waals surface area contributed by atoms with Crippen LogP contribution < -0.4 is 5.32 Å². The Kier molecular flexibility index (Phi) is 4.01. The maximum Gasteiger partial charge on any atom is 0.225 e. The van der Waals surface area contributed by atoms with Crippen molar-refractivity contribution in [3.63, 3.8) is 0 Å². The summed E-state index contributed by atoms with van der Waals surface area (Å²) < 4.78 is 1.88. The van der Waals surface area contributed by atoms with E-state index in [1.165, 1.54) is 11.1 Å². The lowest BCUT2D eigenvalue weighted by Crippen LogP contribution is -2.15. The Morgan fingerprint density at radius 1 is 1.43 bits per heavy atom. The molecule has 5 heteroatoms. The van der Waals surface area contributed by atoms with E-state index in [1.807, 2.05) is 35.5 Å². The molecule has 110 valence electrons. The number of thioether (sulfide) groups is 1. The summed E-state index contributed by atoms with van der Waals surface area (Å²) in [6.45, 7) is 4.07. The van der Waals surface area contributed by atoms with Crippen LogP contribution in [0.2, 0.25) is 0 Å². The second kappa shape index (κ2) is 5.93. The van der Waals surface area contributed by atoms with Crippen LogP contribution in [0.3, 0.4) is 0 Å². The monoisotopic (exact) mass is 301 g/mol. The van der Waals surface area contributed by atoms with Crippen molar-refractivity contribution in [2.75, 3.05) is 5.32 Å². The van der Waals surface area contributed by atoms with Gasteiger partial charge in [0.05, 0.1) is 11.4 Å². The molecule has 1 aromatic heterocycles. The largest absolute Gasteiger partial charge is 0.310 e. The number of hydrogen-bond acceptors (Lipinski definition) is 3. The smallest absolute Gasteiger partial charge is 0.225 e. The minimum atomic E-state index is 0.0611. The second-order valence-electron chi connectivity index (χ2n) is 5.32. The first-order chi connectivity index (χ1) is 10.2. The van der Waals surface area contributed by atoms with Crippen molar-refractivity contribution in [2.45, 2.75) is 38.2 Å². The van der Waals surface area contributed by atoms with Gasteiger partial charge in [-0.2, -0.15) is 16.9 Å². The number of aryl methyl sites for hydroxylation is 1. The van der Waals surface area contributed by atoms with Gasteiger partial charge in [0.25, 0.3) is 0 Å². The molecular weight excluding hydrogens is 282 g/mol. The molecule has 1 N–H and O–H groups in total. The van der Waals surface area contributed by atoms with Crippen LogP contribution in [-0.4, -0.2) is 15.7 Å². The van der Waals surface area contributed by atoms with Crippen molar-refractivity contribution < 1.29 is 4.79 Å². The summed E-state index contributed by atoms with van der Waals surface area (Å²) in [6, 6.07) is 8.19. The minimum absolute atomic E-state index is 0.0611. The zero-order valence-corrected chi connectivity index (χ0v) is 13.2. The number of fused-ring (bicyclic) bond motifs is 1. The Labute approximate surface area is 128 Å². The van der Waals surface area contributed by atoms with E-state index in [2.05, 4.69) is 24.4 Å². The molecule has 0 fully saturated rings. The summed E-state index contributed by atoms with van der Waals surface area (Å²) in [4.78, 5) is 12.0. The fourth-order valence-electron chi connectivity index (χ4n) is 2.51. The molecule has 1 aliphatic rings. The number of anilines is 1. The highest BCUT2D eigenvalue weighted by Gasteiger charge is 2.24. The van der Waals surface area contributed by atoms with Crippen molar-refractivity contribution in [3.8, 4) is 5.69 Å². The van der Waals surface area contributed by atoms with Gasteiger partial charge in [-0.3, -0.25) is 4.79 Å². The standard InChI is InChI=1S/C16H19N3OS/c1-3-5-15(20)17-16-13-9-21-10-14(13)18-19(16)12-7-4-6-11(2)8-12/h4,6-8H,3,5,9-10H2,1-2H3,(H,17,20). The van der Waals surface area contributed by atoms with E-state index in [0.717, 1.165) is 35.1 Å². The zero-order valence-electron chi connectivity index (χ0n) is 12.3. The molecule has 0 atom stereocenters. The highest BCUT2D eigenvalue weighted by atomic mass is 32.2. The average Bonchev–Trinajstić information content (AvgIpc) is 3.02. The Morgan fingerprint density at radius 2 is 2.29 bits per heavy atom. The van der Waals surface area contributed by atoms with Crippen molar-refractivity contribution in [1.82, 2.24) is 9.78 Å². The second-order valence-corrected chi connectivity index (χ2v) is 6.30. The van der Waals surface area contributed by atoms with Gasteiger partial charge in [0.15, 0.2) is 0 Å². The van der Waals surface area contributed by atoms with E-state index >= 15 is 0 Å². The van der Waals surface area contributed by atoms with Crippen molar-refractivity contribution >= 4 is 23.5 Å². The van der Waals surface area contributed by atoms with E-state index in [0.29, 0.717) is 6.42 Å². The molecule has 0 unspecified atom stereocenters. The van der Waals surface area contributed by atoms with Crippen LogP contribution in [0, 0.1) is 6.92 Å². The Morgan fingerprint density at radius 3 is 3.05 bits per heavy atom. The Balaban J connectivity index is 2.02. The normalized spacial score (nSPS) is 13.2. The van der Waals surface area contributed by atoms with Gasteiger partial charge in [0.1, 0.15) is 5.82 Å². The van der Waals surface area contributed by atoms with Crippen molar-refractivity contribution in [2.24, 2.45) is 0 Å². The molecule has 2 aromatic rings. The van der Waals surface area contributed by atoms with Gasteiger partial charge in [0, 0.05) is 23.5 Å². The molecule has 0 spiro atoms. The number of nitrogens with zero attached hydrogens (tertiary/aromatic N) is 2. The van der Waals surface area contributed by atoms with Gasteiger partial charge in [-0.15, -0.1) is 0 Å². The number of carbonyl (C=O) groups excluding carboxylic acids is 1. The molecule has 1 amide bonds.